The Morgan fingerprint density at radius 2 is 1.53 bits per heavy atom. The molecule has 0 spiro atoms. The summed E-state index contributed by atoms with van der Waals surface area (Å²) in [6.07, 6.45) is 4.14. The smallest absolute Gasteiger partial charge is 0.222 e. The minimum Gasteiger partial charge on any atom is -0.341 e. The highest BCUT2D eigenvalue weighted by Gasteiger charge is 2.20. The van der Waals surface area contributed by atoms with Crippen molar-refractivity contribution < 1.29 is 9.59 Å². The van der Waals surface area contributed by atoms with Gasteiger partial charge in [-0.2, -0.15) is 0 Å². The molecule has 4 nitrogen and oxygen atoms in total. The van der Waals surface area contributed by atoms with E-state index in [-0.39, 0.29) is 11.8 Å². The first kappa shape index (κ1) is 14.0. The van der Waals surface area contributed by atoms with E-state index in [0.717, 1.165) is 32.4 Å². The fraction of sp³-hybridized carbons (Fsp3) is 0.846. The maximum atomic E-state index is 11.9. The number of hydrogen-bond donors (Lipinski definition) is 0. The fourth-order valence-corrected chi connectivity index (χ4v) is 2.13. The third kappa shape index (κ3) is 4.36. The first-order chi connectivity index (χ1) is 8.19. The molecule has 1 aliphatic rings. The second-order valence-electron chi connectivity index (χ2n) is 4.57. The highest BCUT2D eigenvalue weighted by molar-refractivity contribution is 5.77. The molecule has 0 aromatic carbocycles. The van der Waals surface area contributed by atoms with Crippen LogP contribution in [0.1, 0.15) is 46.0 Å². The maximum Gasteiger partial charge on any atom is 0.222 e. The number of carbonyl (C=O) groups excluding carboxylic acids is 2. The van der Waals surface area contributed by atoms with Crippen molar-refractivity contribution in [3.8, 4) is 0 Å². The predicted octanol–water partition coefficient (Wildman–Crippen LogP) is 1.65. The fourth-order valence-electron chi connectivity index (χ4n) is 2.13. The van der Waals surface area contributed by atoms with Gasteiger partial charge in [0.1, 0.15) is 0 Å². The van der Waals surface area contributed by atoms with E-state index in [2.05, 4.69) is 6.92 Å². The van der Waals surface area contributed by atoms with Crippen molar-refractivity contribution in [3.63, 3.8) is 0 Å². The van der Waals surface area contributed by atoms with Gasteiger partial charge in [0.25, 0.3) is 0 Å². The summed E-state index contributed by atoms with van der Waals surface area (Å²) in [5.41, 5.74) is 0. The summed E-state index contributed by atoms with van der Waals surface area (Å²) in [7, 11) is 0. The lowest BCUT2D eigenvalue weighted by atomic mass is 10.2. The van der Waals surface area contributed by atoms with Crippen molar-refractivity contribution in [2.45, 2.75) is 46.0 Å². The van der Waals surface area contributed by atoms with Gasteiger partial charge in [-0.3, -0.25) is 9.59 Å². The van der Waals surface area contributed by atoms with Gasteiger partial charge in [0.15, 0.2) is 0 Å². The molecule has 0 radical (unpaired) electrons. The van der Waals surface area contributed by atoms with Gasteiger partial charge in [-0.15, -0.1) is 0 Å². The van der Waals surface area contributed by atoms with Gasteiger partial charge < -0.3 is 9.80 Å². The molecule has 0 aromatic heterocycles. The zero-order valence-electron chi connectivity index (χ0n) is 11.1. The summed E-state index contributed by atoms with van der Waals surface area (Å²) in [6, 6.07) is 0. The number of amides is 2. The zero-order chi connectivity index (χ0) is 12.7. The Hall–Kier alpha value is -1.06. The predicted molar refractivity (Wildman–Crippen MR) is 67.6 cm³/mol. The van der Waals surface area contributed by atoms with Gasteiger partial charge in [0.05, 0.1) is 0 Å². The minimum atomic E-state index is 0.202. The number of hydrogen-bond acceptors (Lipinski definition) is 2. The Kier molecular flexibility index (Phi) is 6.01. The highest BCUT2D eigenvalue weighted by Crippen LogP contribution is 2.08. The number of rotatable bonds is 4. The molecule has 0 saturated carbocycles. The summed E-state index contributed by atoms with van der Waals surface area (Å²) in [6.45, 7) is 6.98. The molecular weight excluding hydrogens is 216 g/mol. The summed E-state index contributed by atoms with van der Waals surface area (Å²) in [4.78, 5) is 27.3. The summed E-state index contributed by atoms with van der Waals surface area (Å²) >= 11 is 0. The third-order valence-electron chi connectivity index (χ3n) is 3.25. The van der Waals surface area contributed by atoms with Gasteiger partial charge in [-0.25, -0.2) is 0 Å². The van der Waals surface area contributed by atoms with Crippen LogP contribution < -0.4 is 0 Å². The van der Waals surface area contributed by atoms with Gasteiger partial charge >= 0.3 is 0 Å². The molecule has 98 valence electrons. The molecule has 4 heteroatoms. The van der Waals surface area contributed by atoms with Crippen LogP contribution in [0.2, 0.25) is 0 Å². The molecule has 1 saturated heterocycles. The van der Waals surface area contributed by atoms with Gasteiger partial charge in [-0.05, 0) is 12.8 Å². The minimum absolute atomic E-state index is 0.202. The van der Waals surface area contributed by atoms with E-state index < -0.39 is 0 Å². The van der Waals surface area contributed by atoms with E-state index in [4.69, 9.17) is 0 Å². The summed E-state index contributed by atoms with van der Waals surface area (Å²) < 4.78 is 0. The average Bonchev–Trinajstić information content (AvgIpc) is 2.60. The third-order valence-corrected chi connectivity index (χ3v) is 3.25. The van der Waals surface area contributed by atoms with E-state index in [1.165, 1.54) is 0 Å². The lowest BCUT2D eigenvalue weighted by molar-refractivity contribution is -0.133. The molecule has 0 bridgehead atoms. The van der Waals surface area contributed by atoms with Crippen LogP contribution in [0.4, 0.5) is 0 Å². The van der Waals surface area contributed by atoms with E-state index in [9.17, 15) is 9.59 Å². The van der Waals surface area contributed by atoms with Crippen molar-refractivity contribution >= 4 is 11.8 Å². The Bertz CT molecular complexity index is 266. The Morgan fingerprint density at radius 1 is 0.941 bits per heavy atom. The zero-order valence-corrected chi connectivity index (χ0v) is 11.1. The number of nitrogens with zero attached hydrogens (tertiary/aromatic N) is 2. The molecular formula is C13H24N2O2. The lowest BCUT2D eigenvalue weighted by Gasteiger charge is -2.21. The first-order valence-corrected chi connectivity index (χ1v) is 6.74. The molecule has 2 amide bonds. The molecule has 0 aliphatic carbocycles. The number of carbonyl (C=O) groups is 2. The SMILES string of the molecule is CCCCC(=O)N1CCCN(C(=O)CC)CC1. The van der Waals surface area contributed by atoms with Crippen LogP contribution in [-0.4, -0.2) is 47.8 Å². The molecule has 0 unspecified atom stereocenters. The second-order valence-corrected chi connectivity index (χ2v) is 4.57. The molecule has 1 fully saturated rings. The number of unbranched alkanes of at least 4 members (excludes halogenated alkanes) is 1. The van der Waals surface area contributed by atoms with E-state index >= 15 is 0 Å². The van der Waals surface area contributed by atoms with Gasteiger partial charge in [-0.1, -0.05) is 20.3 Å². The second kappa shape index (κ2) is 7.30. The van der Waals surface area contributed by atoms with Crippen LogP contribution >= 0.6 is 0 Å². The summed E-state index contributed by atoms with van der Waals surface area (Å²) in [5, 5.41) is 0. The molecule has 1 heterocycles. The van der Waals surface area contributed by atoms with Crippen LogP contribution in [0.25, 0.3) is 0 Å². The Morgan fingerprint density at radius 3 is 2.06 bits per heavy atom. The van der Waals surface area contributed by atoms with Crippen LogP contribution in [0.5, 0.6) is 0 Å². The van der Waals surface area contributed by atoms with Gasteiger partial charge in [0, 0.05) is 39.0 Å². The maximum absolute atomic E-state index is 11.9. The largest absolute Gasteiger partial charge is 0.341 e. The quantitative estimate of drug-likeness (QED) is 0.749. The molecule has 17 heavy (non-hydrogen) atoms. The van der Waals surface area contributed by atoms with Crippen molar-refractivity contribution in [2.75, 3.05) is 26.2 Å². The molecule has 1 aliphatic heterocycles. The molecule has 0 aromatic rings. The molecule has 0 N–H and O–H groups in total. The van der Waals surface area contributed by atoms with Crippen molar-refractivity contribution in [1.82, 2.24) is 9.80 Å². The summed E-state index contributed by atoms with van der Waals surface area (Å²) in [5.74, 6) is 0.450. The monoisotopic (exact) mass is 240 g/mol. The normalized spacial score (nSPS) is 16.8. The van der Waals surface area contributed by atoms with E-state index in [1.807, 2.05) is 16.7 Å². The van der Waals surface area contributed by atoms with Gasteiger partial charge in [0.2, 0.25) is 11.8 Å². The van der Waals surface area contributed by atoms with Crippen molar-refractivity contribution in [2.24, 2.45) is 0 Å². The average molecular weight is 240 g/mol. The van der Waals surface area contributed by atoms with Crippen LogP contribution in [0, 0.1) is 0 Å². The van der Waals surface area contributed by atoms with Crippen LogP contribution in [0.15, 0.2) is 0 Å². The molecule has 1 rings (SSSR count). The van der Waals surface area contributed by atoms with E-state index in [0.29, 0.717) is 25.9 Å². The molecule has 0 atom stereocenters. The Labute approximate surface area is 104 Å². The van der Waals surface area contributed by atoms with Crippen LogP contribution in [-0.2, 0) is 9.59 Å². The standard InChI is InChI=1S/C13H24N2O2/c1-3-5-7-13(17)15-9-6-8-14(10-11-15)12(16)4-2/h3-11H2,1-2H3. The Balaban J connectivity index is 2.41. The first-order valence-electron chi connectivity index (χ1n) is 6.74. The van der Waals surface area contributed by atoms with Crippen molar-refractivity contribution in [3.05, 3.63) is 0 Å². The van der Waals surface area contributed by atoms with E-state index in [1.54, 1.807) is 0 Å². The lowest BCUT2D eigenvalue weighted by Crippen LogP contribution is -2.37. The highest BCUT2D eigenvalue weighted by atomic mass is 16.2. The topological polar surface area (TPSA) is 40.6 Å². The van der Waals surface area contributed by atoms with Crippen molar-refractivity contribution in [1.29, 1.82) is 0 Å². The van der Waals surface area contributed by atoms with Crippen LogP contribution in [0.3, 0.4) is 0 Å².